The van der Waals surface area contributed by atoms with E-state index in [1.807, 2.05) is 13.0 Å². The summed E-state index contributed by atoms with van der Waals surface area (Å²) >= 11 is 1.14. The van der Waals surface area contributed by atoms with Gasteiger partial charge in [-0.05, 0) is 74.2 Å². The standard InChI is InChI=1S/C30H34FN4O7PS/c1-2-42-24-10-11-32-14-21(24)19-15-34(16-19)30(38)23-8-7-20-4-3-5-22(29(37)35(20)23)33-28(36)26-13-18-12-17(6-9-25(18)44-26)27(31)43(39,40)41/h6,9-14,19-20,22-23,27H,2-5,7-8,15-16H2,1H3,(H,33,36)(H2,39,40,41)/t20-,22-,23-,27?/m0/s1. The number of nitrogens with zero attached hydrogens (tertiary/aromatic N) is 3. The maximum atomic E-state index is 14.2. The Labute approximate surface area is 257 Å². The lowest BCUT2D eigenvalue weighted by molar-refractivity contribution is -0.148. The molecule has 3 amide bonds. The topological polar surface area (TPSA) is 149 Å². The van der Waals surface area contributed by atoms with Crippen molar-refractivity contribution in [3.63, 3.8) is 0 Å². The molecule has 3 N–H and O–H groups in total. The van der Waals surface area contributed by atoms with Gasteiger partial charge in [-0.2, -0.15) is 0 Å². The number of hydrogen-bond acceptors (Lipinski definition) is 7. The van der Waals surface area contributed by atoms with Crippen LogP contribution in [0.4, 0.5) is 4.39 Å². The second kappa shape index (κ2) is 12.2. The molecule has 0 aliphatic carbocycles. The monoisotopic (exact) mass is 644 g/mol. The fourth-order valence-corrected chi connectivity index (χ4v) is 8.03. The number of fused-ring (bicyclic) bond motifs is 2. The van der Waals surface area contributed by atoms with Crippen molar-refractivity contribution in [3.05, 3.63) is 58.7 Å². The van der Waals surface area contributed by atoms with Crippen LogP contribution in [-0.4, -0.2) is 80.1 Å². The highest BCUT2D eigenvalue weighted by atomic mass is 32.1. The summed E-state index contributed by atoms with van der Waals surface area (Å²) in [4.78, 5) is 67.1. The molecule has 3 aliphatic rings. The average Bonchev–Trinajstić information content (AvgIpc) is 3.56. The van der Waals surface area contributed by atoms with Crippen LogP contribution in [0, 0.1) is 0 Å². The number of likely N-dealkylation sites (tertiary alicyclic amines) is 1. The lowest BCUT2D eigenvalue weighted by Crippen LogP contribution is -2.58. The zero-order valence-electron chi connectivity index (χ0n) is 24.1. The molecule has 0 saturated carbocycles. The normalized spacial score (nSPS) is 23.2. The van der Waals surface area contributed by atoms with E-state index in [0.29, 0.717) is 47.5 Å². The lowest BCUT2D eigenvalue weighted by Gasteiger charge is -2.42. The number of carbonyl (C=O) groups is 3. The van der Waals surface area contributed by atoms with Crippen LogP contribution in [0.2, 0.25) is 0 Å². The highest BCUT2D eigenvalue weighted by molar-refractivity contribution is 7.51. The molecule has 0 radical (unpaired) electrons. The van der Waals surface area contributed by atoms with Crippen LogP contribution < -0.4 is 10.1 Å². The van der Waals surface area contributed by atoms with Crippen molar-refractivity contribution in [1.82, 2.24) is 20.1 Å². The first-order valence-corrected chi connectivity index (χ1v) is 17.3. The van der Waals surface area contributed by atoms with Crippen LogP contribution in [-0.2, 0) is 14.2 Å². The summed E-state index contributed by atoms with van der Waals surface area (Å²) in [7, 11) is -4.97. The van der Waals surface area contributed by atoms with E-state index in [2.05, 4.69) is 10.3 Å². The molecule has 6 rings (SSSR count). The number of halogens is 1. The summed E-state index contributed by atoms with van der Waals surface area (Å²) < 4.78 is 32.0. The van der Waals surface area contributed by atoms with Gasteiger partial charge in [-0.1, -0.05) is 6.07 Å². The van der Waals surface area contributed by atoms with Crippen LogP contribution in [0.15, 0.2) is 42.7 Å². The van der Waals surface area contributed by atoms with Crippen molar-refractivity contribution in [2.24, 2.45) is 0 Å². The molecule has 5 heterocycles. The molecule has 1 aromatic carbocycles. The Hall–Kier alpha value is -3.38. The molecule has 3 aromatic rings. The van der Waals surface area contributed by atoms with Crippen molar-refractivity contribution in [3.8, 4) is 5.75 Å². The molecule has 44 heavy (non-hydrogen) atoms. The molecular formula is C30H34FN4O7PS. The number of rotatable bonds is 8. The second-order valence-electron chi connectivity index (χ2n) is 11.6. The smallest absolute Gasteiger partial charge is 0.363 e. The van der Waals surface area contributed by atoms with E-state index in [0.717, 1.165) is 41.9 Å². The second-order valence-corrected chi connectivity index (χ2v) is 14.3. The van der Waals surface area contributed by atoms with Crippen molar-refractivity contribution < 1.29 is 37.9 Å². The Bertz CT molecular complexity index is 1640. The highest BCUT2D eigenvalue weighted by Crippen LogP contribution is 2.53. The van der Waals surface area contributed by atoms with E-state index < -0.39 is 31.5 Å². The van der Waals surface area contributed by atoms with Gasteiger partial charge in [0.05, 0.1) is 11.5 Å². The number of benzene rings is 1. The predicted molar refractivity (Wildman–Crippen MR) is 161 cm³/mol. The summed E-state index contributed by atoms with van der Waals surface area (Å²) in [5, 5.41) is 3.33. The Morgan fingerprint density at radius 1 is 1.18 bits per heavy atom. The van der Waals surface area contributed by atoms with Crippen LogP contribution in [0.25, 0.3) is 10.1 Å². The third kappa shape index (κ3) is 5.85. The quantitative estimate of drug-likeness (QED) is 0.310. The van der Waals surface area contributed by atoms with Gasteiger partial charge in [-0.25, -0.2) is 4.39 Å². The van der Waals surface area contributed by atoms with Crippen molar-refractivity contribution in [1.29, 1.82) is 0 Å². The lowest BCUT2D eigenvalue weighted by atomic mass is 9.91. The van der Waals surface area contributed by atoms with Gasteiger partial charge in [0.25, 0.3) is 5.91 Å². The molecule has 3 aliphatic heterocycles. The Morgan fingerprint density at radius 2 is 1.98 bits per heavy atom. The molecule has 3 fully saturated rings. The number of pyridine rings is 1. The summed E-state index contributed by atoms with van der Waals surface area (Å²) in [5.74, 6) is -2.37. The van der Waals surface area contributed by atoms with E-state index >= 15 is 0 Å². The summed E-state index contributed by atoms with van der Waals surface area (Å²) in [5.41, 5.74) is 0.800. The molecule has 0 bridgehead atoms. The van der Waals surface area contributed by atoms with E-state index in [1.54, 1.807) is 22.2 Å². The first-order valence-electron chi connectivity index (χ1n) is 14.8. The van der Waals surface area contributed by atoms with Gasteiger partial charge in [0, 0.05) is 47.7 Å². The van der Waals surface area contributed by atoms with Crippen LogP contribution >= 0.6 is 18.9 Å². The van der Waals surface area contributed by atoms with Crippen molar-refractivity contribution in [2.45, 2.75) is 69.0 Å². The van der Waals surface area contributed by atoms with Crippen LogP contribution in [0.5, 0.6) is 5.75 Å². The molecule has 14 heteroatoms. The Kier molecular flexibility index (Phi) is 8.49. The van der Waals surface area contributed by atoms with E-state index in [-0.39, 0.29) is 29.3 Å². The largest absolute Gasteiger partial charge is 0.493 e. The summed E-state index contributed by atoms with van der Waals surface area (Å²) in [6.07, 6.45) is 6.71. The number of carbonyl (C=O) groups excluding carboxylic acids is 3. The van der Waals surface area contributed by atoms with Crippen LogP contribution in [0.1, 0.15) is 71.7 Å². The molecule has 2 aromatic heterocycles. The molecule has 3 saturated heterocycles. The third-order valence-corrected chi connectivity index (χ3v) is 10.8. The first-order chi connectivity index (χ1) is 21.0. The number of hydrogen-bond donors (Lipinski definition) is 3. The maximum Gasteiger partial charge on any atom is 0.363 e. The van der Waals surface area contributed by atoms with Gasteiger partial charge < -0.3 is 29.6 Å². The minimum absolute atomic E-state index is 0.0521. The van der Waals surface area contributed by atoms with Gasteiger partial charge in [-0.3, -0.25) is 23.9 Å². The molecule has 11 nitrogen and oxygen atoms in total. The number of amides is 3. The summed E-state index contributed by atoms with van der Waals surface area (Å²) in [6.45, 7) is 3.51. The SMILES string of the molecule is CCOc1ccncc1C1CN(C(=O)[C@@H]2CC[C@@H]3CCC[C@H](NC(=O)c4cc5cc(C(F)P(=O)(O)O)ccc5s4)C(=O)N32)C1. The molecule has 1 unspecified atom stereocenters. The fraction of sp³-hybridized carbons (Fsp3) is 0.467. The van der Waals surface area contributed by atoms with E-state index in [1.165, 1.54) is 24.3 Å². The van der Waals surface area contributed by atoms with E-state index in [4.69, 9.17) is 4.74 Å². The number of nitrogens with one attached hydrogen (secondary N) is 1. The van der Waals surface area contributed by atoms with Gasteiger partial charge in [-0.15, -0.1) is 11.3 Å². The van der Waals surface area contributed by atoms with Gasteiger partial charge in [0.2, 0.25) is 17.7 Å². The maximum absolute atomic E-state index is 14.2. The predicted octanol–water partition coefficient (Wildman–Crippen LogP) is 4.11. The van der Waals surface area contributed by atoms with Gasteiger partial charge in [0.15, 0.2) is 0 Å². The summed E-state index contributed by atoms with van der Waals surface area (Å²) in [6, 6.07) is 6.07. The zero-order chi connectivity index (χ0) is 31.2. The van der Waals surface area contributed by atoms with Crippen LogP contribution in [0.3, 0.4) is 0 Å². The first kappa shape index (κ1) is 30.6. The molecule has 234 valence electrons. The average molecular weight is 645 g/mol. The number of ether oxygens (including phenoxy) is 1. The number of thiophene rings is 1. The van der Waals surface area contributed by atoms with Crippen molar-refractivity contribution >= 4 is 46.7 Å². The number of alkyl halides is 1. The Morgan fingerprint density at radius 3 is 2.73 bits per heavy atom. The molecule has 4 atom stereocenters. The van der Waals surface area contributed by atoms with Crippen molar-refractivity contribution in [2.75, 3.05) is 19.7 Å². The number of aromatic nitrogens is 1. The minimum Gasteiger partial charge on any atom is -0.493 e. The molecule has 0 spiro atoms. The third-order valence-electron chi connectivity index (χ3n) is 8.75. The fourth-order valence-electron chi connectivity index (χ4n) is 6.54. The van der Waals surface area contributed by atoms with Gasteiger partial charge in [0.1, 0.15) is 17.8 Å². The highest BCUT2D eigenvalue weighted by Gasteiger charge is 2.47. The van der Waals surface area contributed by atoms with E-state index in [9.17, 15) is 33.1 Å². The zero-order valence-corrected chi connectivity index (χ0v) is 25.8. The van der Waals surface area contributed by atoms with Gasteiger partial charge >= 0.3 is 7.60 Å². The Balaban J connectivity index is 1.13. The molecular weight excluding hydrogens is 610 g/mol. The minimum atomic E-state index is -4.97.